The summed E-state index contributed by atoms with van der Waals surface area (Å²) in [5, 5.41) is 0. The molecule has 102 valence electrons. The summed E-state index contributed by atoms with van der Waals surface area (Å²) in [6.07, 6.45) is 3.48. The zero-order valence-corrected chi connectivity index (χ0v) is 11.5. The van der Waals surface area contributed by atoms with E-state index in [0.717, 1.165) is 25.0 Å². The maximum atomic E-state index is 12.2. The van der Waals surface area contributed by atoms with E-state index < -0.39 is 0 Å². The van der Waals surface area contributed by atoms with E-state index in [1.54, 1.807) is 38.3 Å². The summed E-state index contributed by atoms with van der Waals surface area (Å²) in [6.45, 7) is 1.64. The van der Waals surface area contributed by atoms with E-state index in [-0.39, 0.29) is 23.4 Å². The van der Waals surface area contributed by atoms with Crippen LogP contribution in [-0.2, 0) is 4.79 Å². The van der Waals surface area contributed by atoms with E-state index >= 15 is 0 Å². The number of rotatable bonds is 5. The maximum absolute atomic E-state index is 12.2. The van der Waals surface area contributed by atoms with Crippen LogP contribution < -0.4 is 4.74 Å². The van der Waals surface area contributed by atoms with Gasteiger partial charge >= 0.3 is 0 Å². The van der Waals surface area contributed by atoms with Crippen LogP contribution in [0.3, 0.4) is 0 Å². The van der Waals surface area contributed by atoms with Crippen molar-refractivity contribution in [3.05, 3.63) is 29.8 Å². The fourth-order valence-corrected chi connectivity index (χ4v) is 2.95. The van der Waals surface area contributed by atoms with Crippen molar-refractivity contribution in [1.82, 2.24) is 0 Å². The topological polar surface area (TPSA) is 43.4 Å². The lowest BCUT2D eigenvalue weighted by Gasteiger charge is -2.16. The minimum absolute atomic E-state index is 0.0854. The Morgan fingerprint density at radius 2 is 1.89 bits per heavy atom. The van der Waals surface area contributed by atoms with Crippen molar-refractivity contribution in [2.75, 3.05) is 7.11 Å². The van der Waals surface area contributed by atoms with Crippen LogP contribution in [0.5, 0.6) is 5.75 Å². The molecule has 2 atom stereocenters. The van der Waals surface area contributed by atoms with Gasteiger partial charge in [-0.1, -0.05) is 6.42 Å². The highest BCUT2D eigenvalue weighted by atomic mass is 16.5. The Hall–Kier alpha value is -1.64. The van der Waals surface area contributed by atoms with Gasteiger partial charge in [-0.05, 0) is 49.9 Å². The molecule has 19 heavy (non-hydrogen) atoms. The zero-order valence-electron chi connectivity index (χ0n) is 11.5. The van der Waals surface area contributed by atoms with Gasteiger partial charge in [0.15, 0.2) is 5.78 Å². The monoisotopic (exact) mass is 260 g/mol. The molecule has 3 heteroatoms. The quantitative estimate of drug-likeness (QED) is 0.763. The van der Waals surface area contributed by atoms with Gasteiger partial charge in [0.2, 0.25) is 0 Å². The van der Waals surface area contributed by atoms with E-state index in [9.17, 15) is 9.59 Å². The fourth-order valence-electron chi connectivity index (χ4n) is 2.95. The molecule has 0 aromatic heterocycles. The molecule has 0 saturated heterocycles. The lowest BCUT2D eigenvalue weighted by atomic mass is 9.87. The molecule has 1 aromatic rings. The van der Waals surface area contributed by atoms with Gasteiger partial charge in [0.05, 0.1) is 7.11 Å². The van der Waals surface area contributed by atoms with Gasteiger partial charge in [-0.2, -0.15) is 0 Å². The molecule has 0 bridgehead atoms. The minimum Gasteiger partial charge on any atom is -0.497 e. The highest BCUT2D eigenvalue weighted by Crippen LogP contribution is 2.35. The van der Waals surface area contributed by atoms with Crippen LogP contribution in [0.25, 0.3) is 0 Å². The Kier molecular flexibility index (Phi) is 4.35. The second-order valence-corrected chi connectivity index (χ2v) is 5.26. The first-order valence-electron chi connectivity index (χ1n) is 6.79. The summed E-state index contributed by atoms with van der Waals surface area (Å²) in [6, 6.07) is 7.17. The third-order valence-electron chi connectivity index (χ3n) is 4.04. The van der Waals surface area contributed by atoms with Crippen LogP contribution >= 0.6 is 0 Å². The van der Waals surface area contributed by atoms with Gasteiger partial charge in [-0.3, -0.25) is 9.59 Å². The largest absolute Gasteiger partial charge is 0.497 e. The first kappa shape index (κ1) is 13.8. The van der Waals surface area contributed by atoms with Crippen molar-refractivity contribution in [3.8, 4) is 5.75 Å². The van der Waals surface area contributed by atoms with E-state index in [4.69, 9.17) is 4.74 Å². The predicted octanol–water partition coefficient (Wildman–Crippen LogP) is 3.27. The Bertz CT molecular complexity index is 461. The Morgan fingerprint density at radius 1 is 1.21 bits per heavy atom. The molecule has 2 rings (SSSR count). The zero-order chi connectivity index (χ0) is 13.8. The smallest absolute Gasteiger partial charge is 0.163 e. The van der Waals surface area contributed by atoms with Crippen molar-refractivity contribution in [3.63, 3.8) is 0 Å². The van der Waals surface area contributed by atoms with Gasteiger partial charge in [0, 0.05) is 17.9 Å². The maximum Gasteiger partial charge on any atom is 0.163 e. The van der Waals surface area contributed by atoms with Crippen molar-refractivity contribution >= 4 is 11.6 Å². The van der Waals surface area contributed by atoms with Gasteiger partial charge in [0.1, 0.15) is 11.5 Å². The molecule has 0 N–H and O–H groups in total. The molecule has 3 nitrogen and oxygen atoms in total. The summed E-state index contributed by atoms with van der Waals surface area (Å²) >= 11 is 0. The standard InChI is InChI=1S/C16H20O3/c1-11(17)15-5-3-4-13(15)10-16(18)12-6-8-14(19-2)9-7-12/h6-9,13,15H,3-5,10H2,1-2H3/t13-,15+/m1/s1. The van der Waals surface area contributed by atoms with Crippen molar-refractivity contribution < 1.29 is 14.3 Å². The molecular formula is C16H20O3. The van der Waals surface area contributed by atoms with Crippen LogP contribution in [0.2, 0.25) is 0 Å². The molecule has 1 saturated carbocycles. The molecule has 1 fully saturated rings. The number of carbonyl (C=O) groups is 2. The first-order chi connectivity index (χ1) is 9.11. The van der Waals surface area contributed by atoms with Gasteiger partial charge in [-0.15, -0.1) is 0 Å². The molecule has 0 unspecified atom stereocenters. The molecule has 0 amide bonds. The fraction of sp³-hybridized carbons (Fsp3) is 0.500. The number of Topliss-reactive ketones (excluding diaryl/α,β-unsaturated/α-hetero) is 2. The van der Waals surface area contributed by atoms with E-state index in [1.807, 2.05) is 0 Å². The molecular weight excluding hydrogens is 240 g/mol. The Labute approximate surface area is 114 Å². The second kappa shape index (κ2) is 6.00. The highest BCUT2D eigenvalue weighted by Gasteiger charge is 2.32. The molecule has 0 radical (unpaired) electrons. The Balaban J connectivity index is 2.01. The summed E-state index contributed by atoms with van der Waals surface area (Å²) < 4.78 is 5.07. The number of carbonyl (C=O) groups excluding carboxylic acids is 2. The van der Waals surface area contributed by atoms with Crippen LogP contribution in [0.4, 0.5) is 0 Å². The lowest BCUT2D eigenvalue weighted by molar-refractivity contribution is -0.121. The van der Waals surface area contributed by atoms with E-state index in [1.165, 1.54) is 0 Å². The summed E-state index contributed by atoms with van der Waals surface area (Å²) in [5.74, 6) is 1.42. The van der Waals surface area contributed by atoms with Gasteiger partial charge in [-0.25, -0.2) is 0 Å². The molecule has 0 aliphatic heterocycles. The number of hydrogen-bond acceptors (Lipinski definition) is 3. The molecule has 0 heterocycles. The Morgan fingerprint density at radius 3 is 2.47 bits per heavy atom. The molecule has 1 aliphatic rings. The van der Waals surface area contributed by atoms with Crippen molar-refractivity contribution in [2.24, 2.45) is 11.8 Å². The first-order valence-corrected chi connectivity index (χ1v) is 6.79. The van der Waals surface area contributed by atoms with Crippen LogP contribution in [-0.4, -0.2) is 18.7 Å². The summed E-state index contributed by atoms with van der Waals surface area (Å²) in [4.78, 5) is 23.7. The summed E-state index contributed by atoms with van der Waals surface area (Å²) in [5.41, 5.74) is 0.704. The van der Waals surface area contributed by atoms with Crippen LogP contribution in [0.1, 0.15) is 43.0 Å². The molecule has 1 aromatic carbocycles. The third-order valence-corrected chi connectivity index (χ3v) is 4.04. The summed E-state index contributed by atoms with van der Waals surface area (Å²) in [7, 11) is 1.60. The SMILES string of the molecule is COc1ccc(C(=O)C[C@H]2CCC[C@H]2C(C)=O)cc1. The average molecular weight is 260 g/mol. The van der Waals surface area contributed by atoms with Gasteiger partial charge in [0.25, 0.3) is 0 Å². The predicted molar refractivity (Wildman–Crippen MR) is 73.5 cm³/mol. The van der Waals surface area contributed by atoms with E-state index in [0.29, 0.717) is 12.0 Å². The number of ether oxygens (including phenoxy) is 1. The highest BCUT2D eigenvalue weighted by molar-refractivity contribution is 5.96. The van der Waals surface area contributed by atoms with Crippen LogP contribution in [0, 0.1) is 11.8 Å². The van der Waals surface area contributed by atoms with Crippen molar-refractivity contribution in [2.45, 2.75) is 32.6 Å². The molecule has 1 aliphatic carbocycles. The van der Waals surface area contributed by atoms with Crippen LogP contribution in [0.15, 0.2) is 24.3 Å². The normalized spacial score (nSPS) is 22.2. The number of hydrogen-bond donors (Lipinski definition) is 0. The number of ketones is 2. The number of benzene rings is 1. The third kappa shape index (κ3) is 3.22. The van der Waals surface area contributed by atoms with Crippen molar-refractivity contribution in [1.29, 1.82) is 0 Å². The lowest BCUT2D eigenvalue weighted by Crippen LogP contribution is -2.19. The van der Waals surface area contributed by atoms with E-state index in [2.05, 4.69) is 0 Å². The average Bonchev–Trinajstić information content (AvgIpc) is 2.87. The van der Waals surface area contributed by atoms with Gasteiger partial charge < -0.3 is 4.74 Å². The number of methoxy groups -OCH3 is 1. The molecule has 0 spiro atoms. The minimum atomic E-state index is 0.0854. The second-order valence-electron chi connectivity index (χ2n) is 5.26.